The number of aromatic amines is 1. The molecule has 26 heavy (non-hydrogen) atoms. The second kappa shape index (κ2) is 6.48. The fraction of sp³-hybridized carbons (Fsp3) is 0.150. The number of hydrogen-bond donors (Lipinski definition) is 3. The molecule has 0 radical (unpaired) electrons. The number of H-pyrrole nitrogens is 1. The number of carbonyl (C=O) groups excluding carboxylic acids is 1. The van der Waals surface area contributed by atoms with Gasteiger partial charge in [-0.3, -0.25) is 9.78 Å². The summed E-state index contributed by atoms with van der Waals surface area (Å²) in [7, 11) is 0. The molecule has 0 atom stereocenters. The van der Waals surface area contributed by atoms with Crippen molar-refractivity contribution >= 4 is 11.6 Å². The van der Waals surface area contributed by atoms with Gasteiger partial charge in [0, 0.05) is 41.7 Å². The maximum Gasteiger partial charge on any atom is 0.253 e. The summed E-state index contributed by atoms with van der Waals surface area (Å²) in [4.78, 5) is 19.8. The van der Waals surface area contributed by atoms with Crippen molar-refractivity contribution in [3.63, 3.8) is 0 Å². The molecule has 6 nitrogen and oxygen atoms in total. The van der Waals surface area contributed by atoms with Crippen molar-refractivity contribution in [2.75, 3.05) is 6.54 Å². The molecule has 0 bridgehead atoms. The van der Waals surface area contributed by atoms with Crippen LogP contribution in [0.5, 0.6) is 0 Å². The van der Waals surface area contributed by atoms with E-state index < -0.39 is 0 Å². The van der Waals surface area contributed by atoms with E-state index in [9.17, 15) is 4.79 Å². The average molecular weight is 346 g/mol. The van der Waals surface area contributed by atoms with Crippen molar-refractivity contribution in [3.05, 3.63) is 65.5 Å². The summed E-state index contributed by atoms with van der Waals surface area (Å²) >= 11 is 0. The Labute approximate surface area is 150 Å². The van der Waals surface area contributed by atoms with Gasteiger partial charge in [0.15, 0.2) is 0 Å². The Morgan fingerprint density at radius 2 is 1.96 bits per heavy atom. The average Bonchev–Trinajstić information content (AvgIpc) is 3.13. The predicted molar refractivity (Wildman–Crippen MR) is 99.5 cm³/mol. The van der Waals surface area contributed by atoms with Crippen LogP contribution < -0.4 is 5.32 Å². The minimum atomic E-state index is -0.0282. The molecular weight excluding hydrogens is 328 g/mol. The molecule has 4 rings (SSSR count). The van der Waals surface area contributed by atoms with Gasteiger partial charge in [0.25, 0.3) is 5.91 Å². The molecule has 130 valence electrons. The molecule has 2 aromatic heterocycles. The smallest absolute Gasteiger partial charge is 0.253 e. The summed E-state index contributed by atoms with van der Waals surface area (Å²) in [6, 6.07) is 13.5. The standard InChI is InChI=1S/C20H18N4O2/c1-12(24-26)13-2-4-14(5-3-13)18-10-15(6-8-21-18)19-11-16-17(23-19)7-9-22-20(16)25/h2-6,8,10-11,23,26H,7,9H2,1H3,(H,22,25)/b24-12-. The van der Waals surface area contributed by atoms with E-state index in [1.165, 1.54) is 0 Å². The Balaban J connectivity index is 1.68. The Morgan fingerprint density at radius 3 is 2.69 bits per heavy atom. The molecule has 1 amide bonds. The number of nitrogens with zero attached hydrogens (tertiary/aromatic N) is 2. The normalized spacial score (nSPS) is 14.0. The first-order valence-electron chi connectivity index (χ1n) is 8.41. The molecule has 0 fully saturated rings. The van der Waals surface area contributed by atoms with Gasteiger partial charge in [0.05, 0.1) is 17.0 Å². The van der Waals surface area contributed by atoms with E-state index in [0.717, 1.165) is 40.2 Å². The van der Waals surface area contributed by atoms with Crippen molar-refractivity contribution in [2.24, 2.45) is 5.16 Å². The highest BCUT2D eigenvalue weighted by Gasteiger charge is 2.20. The molecule has 0 aliphatic carbocycles. The third kappa shape index (κ3) is 2.86. The van der Waals surface area contributed by atoms with Gasteiger partial charge < -0.3 is 15.5 Å². The Bertz CT molecular complexity index is 1000. The van der Waals surface area contributed by atoms with Crippen LogP contribution in [-0.4, -0.2) is 33.3 Å². The van der Waals surface area contributed by atoms with Crippen LogP contribution in [0.15, 0.2) is 53.8 Å². The molecule has 0 saturated heterocycles. The van der Waals surface area contributed by atoms with Crippen molar-refractivity contribution < 1.29 is 10.0 Å². The van der Waals surface area contributed by atoms with Crippen molar-refractivity contribution in [1.29, 1.82) is 0 Å². The van der Waals surface area contributed by atoms with Gasteiger partial charge in [-0.05, 0) is 30.7 Å². The fourth-order valence-corrected chi connectivity index (χ4v) is 3.14. The number of oxime groups is 1. The van der Waals surface area contributed by atoms with Crippen LogP contribution in [0.3, 0.4) is 0 Å². The van der Waals surface area contributed by atoms with E-state index in [2.05, 4.69) is 20.4 Å². The van der Waals surface area contributed by atoms with Gasteiger partial charge in [-0.1, -0.05) is 29.4 Å². The Morgan fingerprint density at radius 1 is 1.15 bits per heavy atom. The lowest BCUT2D eigenvalue weighted by atomic mass is 10.0. The first-order valence-corrected chi connectivity index (χ1v) is 8.41. The number of pyridine rings is 1. The number of carbonyl (C=O) groups is 1. The number of amides is 1. The highest BCUT2D eigenvalue weighted by molar-refractivity contribution is 5.99. The van der Waals surface area contributed by atoms with Crippen LogP contribution in [-0.2, 0) is 6.42 Å². The van der Waals surface area contributed by atoms with Gasteiger partial charge in [-0.15, -0.1) is 0 Å². The summed E-state index contributed by atoms with van der Waals surface area (Å²) < 4.78 is 0. The summed E-state index contributed by atoms with van der Waals surface area (Å²) in [5.74, 6) is -0.0282. The number of benzene rings is 1. The van der Waals surface area contributed by atoms with Crippen molar-refractivity contribution in [1.82, 2.24) is 15.3 Å². The number of fused-ring (bicyclic) bond motifs is 1. The van der Waals surface area contributed by atoms with E-state index in [0.29, 0.717) is 17.8 Å². The van der Waals surface area contributed by atoms with Crippen LogP contribution in [0.2, 0.25) is 0 Å². The SMILES string of the molecule is C/C(=N/O)c1ccc(-c2cc(-c3cc4c([nH]3)CCNC4=O)ccn2)cc1. The lowest BCUT2D eigenvalue weighted by Crippen LogP contribution is -2.31. The van der Waals surface area contributed by atoms with E-state index in [1.54, 1.807) is 13.1 Å². The second-order valence-corrected chi connectivity index (χ2v) is 6.27. The molecule has 1 aliphatic rings. The lowest BCUT2D eigenvalue weighted by Gasteiger charge is -2.11. The fourth-order valence-electron chi connectivity index (χ4n) is 3.14. The highest BCUT2D eigenvalue weighted by atomic mass is 16.4. The predicted octanol–water partition coefficient (Wildman–Crippen LogP) is 3.23. The van der Waals surface area contributed by atoms with Gasteiger partial charge in [-0.2, -0.15) is 0 Å². The maximum atomic E-state index is 12.0. The van der Waals surface area contributed by atoms with Crippen LogP contribution in [0.25, 0.3) is 22.5 Å². The zero-order chi connectivity index (χ0) is 18.1. The highest BCUT2D eigenvalue weighted by Crippen LogP contribution is 2.27. The van der Waals surface area contributed by atoms with Crippen LogP contribution in [0, 0.1) is 0 Å². The lowest BCUT2D eigenvalue weighted by molar-refractivity contribution is 0.0946. The zero-order valence-corrected chi connectivity index (χ0v) is 14.3. The molecule has 0 saturated carbocycles. The largest absolute Gasteiger partial charge is 0.411 e. The van der Waals surface area contributed by atoms with Gasteiger partial charge in [0.2, 0.25) is 0 Å². The minimum Gasteiger partial charge on any atom is -0.411 e. The van der Waals surface area contributed by atoms with Gasteiger partial charge in [-0.25, -0.2) is 0 Å². The molecule has 1 aliphatic heterocycles. The summed E-state index contributed by atoms with van der Waals surface area (Å²) in [5.41, 5.74) is 6.81. The van der Waals surface area contributed by atoms with Crippen molar-refractivity contribution in [3.8, 4) is 22.5 Å². The monoisotopic (exact) mass is 346 g/mol. The van der Waals surface area contributed by atoms with E-state index in [-0.39, 0.29) is 5.91 Å². The molecule has 0 spiro atoms. The van der Waals surface area contributed by atoms with Crippen LogP contribution >= 0.6 is 0 Å². The Hall–Kier alpha value is -3.41. The number of hydrogen-bond acceptors (Lipinski definition) is 4. The number of rotatable bonds is 3. The summed E-state index contributed by atoms with van der Waals surface area (Å²) in [5, 5.41) is 14.9. The van der Waals surface area contributed by atoms with Crippen LogP contribution in [0.4, 0.5) is 0 Å². The first-order chi connectivity index (χ1) is 12.7. The van der Waals surface area contributed by atoms with E-state index in [1.807, 2.05) is 42.5 Å². The Kier molecular flexibility index (Phi) is 4.01. The first kappa shape index (κ1) is 16.1. The minimum absolute atomic E-state index is 0.0282. The molecule has 1 aromatic carbocycles. The zero-order valence-electron chi connectivity index (χ0n) is 14.3. The third-order valence-electron chi connectivity index (χ3n) is 4.62. The molecular formula is C20H18N4O2. The summed E-state index contributed by atoms with van der Waals surface area (Å²) in [6.45, 7) is 2.41. The molecule has 3 N–H and O–H groups in total. The third-order valence-corrected chi connectivity index (χ3v) is 4.62. The van der Waals surface area contributed by atoms with Gasteiger partial charge in [0.1, 0.15) is 0 Å². The topological polar surface area (TPSA) is 90.4 Å². The number of aromatic nitrogens is 2. The van der Waals surface area contributed by atoms with Crippen molar-refractivity contribution in [2.45, 2.75) is 13.3 Å². The molecule has 6 heteroatoms. The molecule has 3 heterocycles. The van der Waals surface area contributed by atoms with Gasteiger partial charge >= 0.3 is 0 Å². The number of nitrogens with one attached hydrogen (secondary N) is 2. The molecule has 0 unspecified atom stereocenters. The second-order valence-electron chi connectivity index (χ2n) is 6.27. The van der Waals surface area contributed by atoms with E-state index >= 15 is 0 Å². The van der Waals surface area contributed by atoms with Crippen LogP contribution in [0.1, 0.15) is 28.5 Å². The quantitative estimate of drug-likeness (QED) is 0.386. The van der Waals surface area contributed by atoms with E-state index in [4.69, 9.17) is 5.21 Å². The summed E-state index contributed by atoms with van der Waals surface area (Å²) in [6.07, 6.45) is 2.57. The molecule has 3 aromatic rings. The maximum absolute atomic E-state index is 12.0.